The second-order valence-electron chi connectivity index (χ2n) is 9.08. The molecule has 0 heterocycles. The Morgan fingerprint density at radius 3 is 1.32 bits per heavy atom. The van der Waals surface area contributed by atoms with Crippen molar-refractivity contribution in [2.45, 2.75) is 19.6 Å². The molecule has 31 heavy (non-hydrogen) atoms. The van der Waals surface area contributed by atoms with Crippen LogP contribution in [0.5, 0.6) is 0 Å². The first-order chi connectivity index (χ1) is 14.9. The molecule has 0 fully saturated rings. The standard InChI is InChI=1S/C27H36N3P/c1-28(2)19-22-13-7-10-16-25(22)31(26-17-11-8-14-23(26)20-29(3)4)27-18-12-9-15-24(27)21-30(5)6/h7-18H,19-21H2,1-6H3/p+1. The molecule has 1 N–H and O–H groups in total. The Kier molecular flexibility index (Phi) is 8.40. The lowest BCUT2D eigenvalue weighted by molar-refractivity contribution is -0.872. The van der Waals surface area contributed by atoms with Crippen molar-refractivity contribution in [2.24, 2.45) is 0 Å². The van der Waals surface area contributed by atoms with Gasteiger partial charge in [-0.15, -0.1) is 0 Å². The van der Waals surface area contributed by atoms with Gasteiger partial charge < -0.3 is 14.7 Å². The van der Waals surface area contributed by atoms with Gasteiger partial charge in [0.1, 0.15) is 6.54 Å². The second-order valence-corrected chi connectivity index (χ2v) is 11.2. The molecule has 3 aromatic rings. The minimum atomic E-state index is -0.667. The summed E-state index contributed by atoms with van der Waals surface area (Å²) in [6, 6.07) is 27.2. The molecule has 0 aliphatic heterocycles. The van der Waals surface area contributed by atoms with Crippen LogP contribution in [0.15, 0.2) is 72.8 Å². The van der Waals surface area contributed by atoms with Crippen LogP contribution in [0.4, 0.5) is 0 Å². The third-order valence-electron chi connectivity index (χ3n) is 5.21. The van der Waals surface area contributed by atoms with E-state index in [1.54, 1.807) is 0 Å². The maximum Gasteiger partial charge on any atom is 0.103 e. The molecule has 3 rings (SSSR count). The van der Waals surface area contributed by atoms with Crippen molar-refractivity contribution in [2.75, 3.05) is 42.3 Å². The Bertz CT molecular complexity index is 854. The normalized spacial score (nSPS) is 11.8. The van der Waals surface area contributed by atoms with Crippen LogP contribution >= 0.6 is 7.92 Å². The smallest absolute Gasteiger partial charge is 0.103 e. The molecular weight excluding hydrogens is 397 g/mol. The Labute approximate surface area is 190 Å². The number of hydrogen-bond acceptors (Lipinski definition) is 2. The molecule has 0 unspecified atom stereocenters. The maximum atomic E-state index is 2.36. The van der Waals surface area contributed by atoms with E-state index in [1.165, 1.54) is 37.5 Å². The van der Waals surface area contributed by atoms with Crippen LogP contribution in [-0.4, -0.2) is 52.1 Å². The van der Waals surface area contributed by atoms with Gasteiger partial charge in [0.05, 0.1) is 14.1 Å². The molecular formula is C27H37N3P+. The monoisotopic (exact) mass is 434 g/mol. The molecule has 0 atom stereocenters. The Morgan fingerprint density at radius 2 is 0.935 bits per heavy atom. The molecule has 0 bridgehead atoms. The molecule has 0 amide bonds. The fraction of sp³-hybridized carbons (Fsp3) is 0.333. The highest BCUT2D eigenvalue weighted by Crippen LogP contribution is 2.37. The number of nitrogens with one attached hydrogen (secondary N) is 1. The minimum Gasteiger partial charge on any atom is -0.336 e. The molecule has 0 spiro atoms. The van der Waals surface area contributed by atoms with E-state index in [0.29, 0.717) is 0 Å². The van der Waals surface area contributed by atoms with E-state index in [4.69, 9.17) is 0 Å². The van der Waals surface area contributed by atoms with Crippen LogP contribution in [0.2, 0.25) is 0 Å². The van der Waals surface area contributed by atoms with Gasteiger partial charge in [0.15, 0.2) is 0 Å². The van der Waals surface area contributed by atoms with Crippen molar-refractivity contribution >= 4 is 23.8 Å². The van der Waals surface area contributed by atoms with Gasteiger partial charge in [-0.05, 0) is 63.2 Å². The van der Waals surface area contributed by atoms with Gasteiger partial charge in [0.25, 0.3) is 0 Å². The molecule has 0 aliphatic rings. The first kappa shape index (κ1) is 23.6. The fourth-order valence-corrected chi connectivity index (χ4v) is 6.85. The van der Waals surface area contributed by atoms with Crippen LogP contribution in [-0.2, 0) is 19.6 Å². The van der Waals surface area contributed by atoms with Gasteiger partial charge in [-0.2, -0.15) is 0 Å². The molecule has 0 saturated carbocycles. The zero-order valence-corrected chi connectivity index (χ0v) is 20.8. The van der Waals surface area contributed by atoms with Gasteiger partial charge in [0, 0.05) is 18.7 Å². The van der Waals surface area contributed by atoms with Gasteiger partial charge in [0.2, 0.25) is 0 Å². The van der Waals surface area contributed by atoms with Crippen LogP contribution in [0.25, 0.3) is 0 Å². The zero-order chi connectivity index (χ0) is 22.4. The van der Waals surface area contributed by atoms with E-state index >= 15 is 0 Å². The molecule has 0 saturated heterocycles. The van der Waals surface area contributed by atoms with Crippen molar-refractivity contribution in [3.63, 3.8) is 0 Å². The van der Waals surface area contributed by atoms with Crippen LogP contribution < -0.4 is 20.8 Å². The van der Waals surface area contributed by atoms with Crippen LogP contribution in [0, 0.1) is 0 Å². The van der Waals surface area contributed by atoms with E-state index in [2.05, 4.69) is 125 Å². The molecule has 0 aromatic heterocycles. The van der Waals surface area contributed by atoms with Gasteiger partial charge in [-0.25, -0.2) is 0 Å². The lowest BCUT2D eigenvalue weighted by Crippen LogP contribution is -3.04. The van der Waals surface area contributed by atoms with Crippen molar-refractivity contribution in [1.29, 1.82) is 0 Å². The predicted molar refractivity (Wildman–Crippen MR) is 136 cm³/mol. The zero-order valence-electron chi connectivity index (χ0n) is 19.9. The number of nitrogens with zero attached hydrogens (tertiary/aromatic N) is 2. The summed E-state index contributed by atoms with van der Waals surface area (Å²) in [6.45, 7) is 2.93. The fourth-order valence-electron chi connectivity index (χ4n) is 4.06. The summed E-state index contributed by atoms with van der Waals surface area (Å²) in [5.41, 5.74) is 4.29. The molecule has 3 aromatic carbocycles. The topological polar surface area (TPSA) is 10.9 Å². The van der Waals surface area contributed by atoms with Crippen molar-refractivity contribution in [3.8, 4) is 0 Å². The Hall–Kier alpha value is -2.03. The summed E-state index contributed by atoms with van der Waals surface area (Å²) in [5, 5.41) is 4.42. The highest BCUT2D eigenvalue weighted by Gasteiger charge is 2.25. The van der Waals surface area contributed by atoms with E-state index in [0.717, 1.165) is 19.6 Å². The van der Waals surface area contributed by atoms with E-state index in [-0.39, 0.29) is 0 Å². The first-order valence-electron chi connectivity index (χ1n) is 11.0. The summed E-state index contributed by atoms with van der Waals surface area (Å²) in [4.78, 5) is 5.99. The highest BCUT2D eigenvalue weighted by atomic mass is 31.1. The Morgan fingerprint density at radius 1 is 0.581 bits per heavy atom. The van der Waals surface area contributed by atoms with Crippen LogP contribution in [0.1, 0.15) is 16.7 Å². The largest absolute Gasteiger partial charge is 0.336 e. The maximum absolute atomic E-state index is 2.36. The summed E-state index contributed by atoms with van der Waals surface area (Å²) < 4.78 is 0. The molecule has 0 aliphatic carbocycles. The number of quaternary nitrogens is 1. The lowest BCUT2D eigenvalue weighted by Gasteiger charge is -2.28. The van der Waals surface area contributed by atoms with E-state index in [9.17, 15) is 0 Å². The number of benzene rings is 3. The summed E-state index contributed by atoms with van der Waals surface area (Å²) in [7, 11) is 12.4. The highest BCUT2D eigenvalue weighted by molar-refractivity contribution is 7.80. The molecule has 4 heteroatoms. The number of rotatable bonds is 9. The average molecular weight is 435 g/mol. The van der Waals surface area contributed by atoms with Gasteiger partial charge in [-0.3, -0.25) is 0 Å². The predicted octanol–water partition coefficient (Wildman–Crippen LogP) is 2.21. The summed E-state index contributed by atoms with van der Waals surface area (Å²) in [6.07, 6.45) is 0. The third kappa shape index (κ3) is 6.24. The number of hydrogen-bond donors (Lipinski definition) is 1. The summed E-state index contributed by atoms with van der Waals surface area (Å²) in [5.74, 6) is 0. The quantitative estimate of drug-likeness (QED) is 0.518. The minimum absolute atomic E-state index is 0.667. The SMILES string of the molecule is CN(C)Cc1ccccc1P(c1ccccc1CN(C)C)c1ccccc1C[NH+](C)C. The van der Waals surface area contributed by atoms with Gasteiger partial charge in [-0.1, -0.05) is 72.8 Å². The van der Waals surface area contributed by atoms with Gasteiger partial charge >= 0.3 is 0 Å². The van der Waals surface area contributed by atoms with Crippen molar-refractivity contribution in [3.05, 3.63) is 89.5 Å². The molecule has 3 nitrogen and oxygen atoms in total. The second kappa shape index (κ2) is 11.0. The summed E-state index contributed by atoms with van der Waals surface area (Å²) >= 11 is 0. The first-order valence-corrected chi connectivity index (χ1v) is 12.3. The molecule has 164 valence electrons. The van der Waals surface area contributed by atoms with E-state index < -0.39 is 7.92 Å². The average Bonchev–Trinajstić information content (AvgIpc) is 2.70. The lowest BCUT2D eigenvalue weighted by atomic mass is 10.2. The van der Waals surface area contributed by atoms with Crippen molar-refractivity contribution < 1.29 is 4.90 Å². The Balaban J connectivity index is 2.26. The van der Waals surface area contributed by atoms with E-state index in [1.807, 2.05) is 0 Å². The van der Waals surface area contributed by atoms with Crippen molar-refractivity contribution in [1.82, 2.24) is 9.80 Å². The third-order valence-corrected chi connectivity index (χ3v) is 7.97. The molecule has 0 radical (unpaired) electrons. The van der Waals surface area contributed by atoms with Crippen LogP contribution in [0.3, 0.4) is 0 Å².